The number of hydrogen-bond donors (Lipinski definition) is 0. The largest absolute Gasteiger partial charge is 0.114 e. The second-order valence-electron chi connectivity index (χ2n) is 7.48. The van der Waals surface area contributed by atoms with Crippen molar-refractivity contribution in [1.29, 1.82) is 0 Å². The lowest BCUT2D eigenvalue weighted by atomic mass is 9.62. The molecule has 2 atom stereocenters. The van der Waals surface area contributed by atoms with Crippen LogP contribution >= 0.6 is 33.3 Å². The Bertz CT molecular complexity index is 660. The molecule has 2 unspecified atom stereocenters. The van der Waals surface area contributed by atoms with Crippen LogP contribution in [0.3, 0.4) is 0 Å². The molecule has 0 N–H and O–H groups in total. The van der Waals surface area contributed by atoms with Gasteiger partial charge in [-0.05, 0) is 11.1 Å². The van der Waals surface area contributed by atoms with E-state index in [4.69, 9.17) is 0 Å². The molecule has 23 heavy (non-hydrogen) atoms. The van der Waals surface area contributed by atoms with E-state index >= 15 is 0 Å². The molecule has 2 aromatic rings. The first kappa shape index (κ1) is 16.0. The third-order valence-electron chi connectivity index (χ3n) is 6.08. The Labute approximate surface area is 151 Å². The van der Waals surface area contributed by atoms with Gasteiger partial charge in [-0.25, -0.2) is 0 Å². The molecule has 3 heteroatoms. The molecule has 0 spiro atoms. The Morgan fingerprint density at radius 1 is 0.565 bits per heavy atom. The summed E-state index contributed by atoms with van der Waals surface area (Å²) >= 11 is 2.17. The Kier molecular flexibility index (Phi) is 3.47. The molecule has 0 radical (unpaired) electrons. The minimum absolute atomic E-state index is 0.0955. The highest BCUT2D eigenvalue weighted by atomic mass is 33.1. The van der Waals surface area contributed by atoms with Gasteiger partial charge in [-0.15, -0.1) is 11.8 Å². The van der Waals surface area contributed by atoms with Crippen molar-refractivity contribution < 1.29 is 0 Å². The maximum Gasteiger partial charge on any atom is 0.104 e. The zero-order valence-electron chi connectivity index (χ0n) is 14.0. The summed E-state index contributed by atoms with van der Waals surface area (Å²) in [4.78, 5) is 0. The number of fused-ring (bicyclic) bond motifs is 2. The van der Waals surface area contributed by atoms with Crippen molar-refractivity contribution in [1.82, 2.24) is 0 Å². The van der Waals surface area contributed by atoms with Gasteiger partial charge in [0.1, 0.15) is 8.16 Å². The van der Waals surface area contributed by atoms with E-state index < -0.39 is 0 Å². The van der Waals surface area contributed by atoms with Crippen LogP contribution in [-0.2, 0) is 8.16 Å². The first-order chi connectivity index (χ1) is 10.9. The van der Waals surface area contributed by atoms with Crippen LogP contribution in [0.4, 0.5) is 0 Å². The van der Waals surface area contributed by atoms with Crippen molar-refractivity contribution in [3.8, 4) is 0 Å². The fourth-order valence-electron chi connectivity index (χ4n) is 3.89. The molecule has 120 valence electrons. The van der Waals surface area contributed by atoms with Gasteiger partial charge in [-0.2, -0.15) is 0 Å². The Hall–Kier alpha value is -0.510. The molecule has 0 amide bonds. The first-order valence-electron chi connectivity index (χ1n) is 8.05. The zero-order chi connectivity index (χ0) is 16.3. The Morgan fingerprint density at radius 3 is 1.26 bits per heavy atom. The summed E-state index contributed by atoms with van der Waals surface area (Å²) in [6, 6.07) is 22.2. The highest BCUT2D eigenvalue weighted by Crippen LogP contribution is 2.91. The molecule has 2 saturated heterocycles. The fraction of sp³-hybridized carbons (Fsp3) is 0.400. The van der Waals surface area contributed by atoms with Crippen molar-refractivity contribution in [2.24, 2.45) is 10.8 Å². The lowest BCUT2D eigenvalue weighted by Crippen LogP contribution is -2.47. The summed E-state index contributed by atoms with van der Waals surface area (Å²) in [6.45, 7) is 9.85. The van der Waals surface area contributed by atoms with E-state index in [1.165, 1.54) is 11.1 Å². The van der Waals surface area contributed by atoms with Gasteiger partial charge < -0.3 is 0 Å². The lowest BCUT2D eigenvalue weighted by Gasteiger charge is -2.52. The average Bonchev–Trinajstić information content (AvgIpc) is 3.05. The molecule has 2 heterocycles. The summed E-state index contributed by atoms with van der Waals surface area (Å²) in [5.74, 6) is 0. The summed E-state index contributed by atoms with van der Waals surface area (Å²) in [5, 5.41) is 0. The van der Waals surface area contributed by atoms with E-state index in [1.54, 1.807) is 0 Å². The minimum Gasteiger partial charge on any atom is -0.114 e. The minimum atomic E-state index is 0.0955. The predicted molar refractivity (Wildman–Crippen MR) is 107 cm³/mol. The zero-order valence-corrected chi connectivity index (χ0v) is 16.4. The van der Waals surface area contributed by atoms with Gasteiger partial charge in [-0.1, -0.05) is 110 Å². The van der Waals surface area contributed by atoms with Crippen LogP contribution in [0.5, 0.6) is 0 Å². The van der Waals surface area contributed by atoms with E-state index in [1.807, 2.05) is 0 Å². The third-order valence-corrected chi connectivity index (χ3v) is 13.6. The van der Waals surface area contributed by atoms with E-state index in [0.717, 1.165) is 0 Å². The van der Waals surface area contributed by atoms with Gasteiger partial charge in [0.25, 0.3) is 0 Å². The summed E-state index contributed by atoms with van der Waals surface area (Å²) < 4.78 is 0.191. The first-order valence-corrected chi connectivity index (χ1v) is 11.0. The maximum absolute atomic E-state index is 2.46. The van der Waals surface area contributed by atoms with E-state index in [-0.39, 0.29) is 19.0 Å². The van der Waals surface area contributed by atoms with Gasteiger partial charge in [0.05, 0.1) is 0 Å². The average molecular weight is 359 g/mol. The summed E-state index contributed by atoms with van der Waals surface area (Å²) in [6.07, 6.45) is 0. The number of thioether (sulfide) groups is 1. The fourth-order valence-corrected chi connectivity index (χ4v) is 12.4. The van der Waals surface area contributed by atoms with E-state index in [9.17, 15) is 0 Å². The van der Waals surface area contributed by atoms with Crippen LogP contribution in [0.25, 0.3) is 0 Å². The smallest absolute Gasteiger partial charge is 0.104 e. The molecule has 2 aromatic carbocycles. The second-order valence-corrected chi connectivity index (χ2v) is 12.0. The third kappa shape index (κ3) is 1.79. The molecule has 2 aliphatic rings. The Balaban J connectivity index is 1.94. The van der Waals surface area contributed by atoms with Gasteiger partial charge in [0, 0.05) is 10.8 Å². The topological polar surface area (TPSA) is 0 Å². The summed E-state index contributed by atoms with van der Waals surface area (Å²) in [5.41, 5.74) is 3.27. The monoisotopic (exact) mass is 358 g/mol. The van der Waals surface area contributed by atoms with Crippen LogP contribution in [0, 0.1) is 10.8 Å². The van der Waals surface area contributed by atoms with Crippen molar-refractivity contribution in [2.45, 2.75) is 35.9 Å². The molecule has 2 bridgehead atoms. The van der Waals surface area contributed by atoms with Crippen molar-refractivity contribution in [2.75, 3.05) is 0 Å². The van der Waals surface area contributed by atoms with Crippen LogP contribution in [0.2, 0.25) is 0 Å². The Morgan fingerprint density at radius 2 is 0.913 bits per heavy atom. The number of benzene rings is 2. The molecule has 2 aliphatic heterocycles. The molecular weight excluding hydrogens is 336 g/mol. The second kappa shape index (κ2) is 5.00. The van der Waals surface area contributed by atoms with Crippen molar-refractivity contribution >= 4 is 33.3 Å². The highest BCUT2D eigenvalue weighted by molar-refractivity contribution is 8.83. The number of hydrogen-bond acceptors (Lipinski definition) is 3. The molecule has 4 rings (SSSR count). The van der Waals surface area contributed by atoms with Gasteiger partial charge in [0.15, 0.2) is 0 Å². The molecule has 0 aliphatic carbocycles. The van der Waals surface area contributed by atoms with E-state index in [2.05, 4.69) is 122 Å². The van der Waals surface area contributed by atoms with Crippen molar-refractivity contribution in [3.05, 3.63) is 71.8 Å². The normalized spacial score (nSPS) is 33.7. The standard InChI is InChI=1S/C20H22S3/c1-17(2)18(3,4)20(16-13-9-6-10-14-16)21-19(17,22-23-20)15-11-7-5-8-12-15/h5-14H,1-4H3. The molecule has 0 nitrogen and oxygen atoms in total. The SMILES string of the molecule is CC1(C)C2(c3ccccc3)SSC(c3ccccc3)(S2)C1(C)C. The van der Waals surface area contributed by atoms with Crippen LogP contribution in [0.1, 0.15) is 38.8 Å². The number of rotatable bonds is 2. The lowest BCUT2D eigenvalue weighted by molar-refractivity contribution is 0.0995. The quantitative estimate of drug-likeness (QED) is 0.537. The predicted octanol–water partition coefficient (Wildman–Crippen LogP) is 6.89. The molecule has 2 fully saturated rings. The van der Waals surface area contributed by atoms with Gasteiger partial charge in [-0.3, -0.25) is 0 Å². The maximum atomic E-state index is 2.46. The van der Waals surface area contributed by atoms with Crippen LogP contribution in [-0.4, -0.2) is 0 Å². The van der Waals surface area contributed by atoms with E-state index in [0.29, 0.717) is 0 Å². The van der Waals surface area contributed by atoms with Crippen LogP contribution < -0.4 is 0 Å². The highest BCUT2D eigenvalue weighted by Gasteiger charge is 2.76. The van der Waals surface area contributed by atoms with Gasteiger partial charge >= 0.3 is 0 Å². The van der Waals surface area contributed by atoms with Crippen LogP contribution in [0.15, 0.2) is 60.7 Å². The van der Waals surface area contributed by atoms with Gasteiger partial charge in [0.2, 0.25) is 0 Å². The summed E-state index contributed by atoms with van der Waals surface area (Å²) in [7, 11) is 4.15. The molecule has 0 saturated carbocycles. The van der Waals surface area contributed by atoms with Crippen molar-refractivity contribution in [3.63, 3.8) is 0 Å². The molecule has 0 aromatic heterocycles. The molecular formula is C20H22S3.